The molecule has 4 rings (SSSR count). The molecule has 1 aromatic heterocycles. The number of hydrogen-bond acceptors (Lipinski definition) is 4. The van der Waals surface area contributed by atoms with Gasteiger partial charge in [-0.3, -0.25) is 14.8 Å². The first-order valence-corrected chi connectivity index (χ1v) is 11.3. The van der Waals surface area contributed by atoms with Crippen LogP contribution in [0, 0.1) is 6.92 Å². The fourth-order valence-corrected chi connectivity index (χ4v) is 4.26. The normalized spacial score (nSPS) is 12.7. The molecule has 1 atom stereocenters. The van der Waals surface area contributed by atoms with Gasteiger partial charge in [0.1, 0.15) is 6.10 Å². The van der Waals surface area contributed by atoms with Crippen molar-refractivity contribution in [1.82, 2.24) is 9.97 Å². The molecule has 0 saturated carbocycles. The molecule has 0 radical (unpaired) electrons. The number of rotatable bonds is 5. The summed E-state index contributed by atoms with van der Waals surface area (Å²) < 4.78 is 6.30. The highest BCUT2D eigenvalue weighted by Gasteiger charge is 2.29. The molecule has 0 spiro atoms. The molecule has 0 aliphatic heterocycles. The van der Waals surface area contributed by atoms with Crippen molar-refractivity contribution < 1.29 is 9.53 Å². The maximum atomic E-state index is 12.8. The van der Waals surface area contributed by atoms with Gasteiger partial charge in [0.05, 0.1) is 17.5 Å². The predicted molar refractivity (Wildman–Crippen MR) is 134 cm³/mol. The van der Waals surface area contributed by atoms with Gasteiger partial charge in [-0.05, 0) is 85.8 Å². The van der Waals surface area contributed by atoms with E-state index in [2.05, 4.69) is 28.2 Å². The Morgan fingerprint density at radius 1 is 1.00 bits per heavy atom. The molecule has 0 aliphatic rings. The van der Waals surface area contributed by atoms with Crippen LogP contribution in [0.2, 0.25) is 5.02 Å². The van der Waals surface area contributed by atoms with Gasteiger partial charge in [0, 0.05) is 23.0 Å². The Morgan fingerprint density at radius 3 is 2.30 bits per heavy atom. The van der Waals surface area contributed by atoms with E-state index in [0.29, 0.717) is 5.02 Å². The minimum absolute atomic E-state index is 0.0289. The molecule has 0 unspecified atom stereocenters. The maximum absolute atomic E-state index is 12.8. The summed E-state index contributed by atoms with van der Waals surface area (Å²) in [6.45, 7) is 9.52. The first-order chi connectivity index (χ1) is 15.6. The summed E-state index contributed by atoms with van der Waals surface area (Å²) in [5.41, 5.74) is 5.17. The van der Waals surface area contributed by atoms with Gasteiger partial charge < -0.3 is 4.74 Å². The number of benzene rings is 3. The monoisotopic (exact) mass is 458 g/mol. The van der Waals surface area contributed by atoms with E-state index in [1.165, 1.54) is 0 Å². The second-order valence-electron chi connectivity index (χ2n) is 9.24. The number of halogens is 1. The first kappa shape index (κ1) is 23.1. The van der Waals surface area contributed by atoms with Crippen molar-refractivity contribution >= 4 is 28.2 Å². The fraction of sp³-hybridized carbons (Fsp3) is 0.250. The first-order valence-electron chi connectivity index (χ1n) is 10.9. The Labute approximate surface area is 199 Å². The molecule has 0 saturated heterocycles. The lowest BCUT2D eigenvalue weighted by Gasteiger charge is -2.29. The molecular weight excluding hydrogens is 432 g/mol. The Bertz CT molecular complexity index is 1310. The number of fused-ring (bicyclic) bond motifs is 1. The number of ketones is 1. The summed E-state index contributed by atoms with van der Waals surface area (Å²) in [6, 6.07) is 16.1. The van der Waals surface area contributed by atoms with E-state index < -0.39 is 11.7 Å². The fourth-order valence-electron chi connectivity index (χ4n) is 4.13. The number of carbonyl (C=O) groups is 1. The van der Waals surface area contributed by atoms with Gasteiger partial charge in [-0.25, -0.2) is 0 Å². The Morgan fingerprint density at radius 2 is 1.70 bits per heavy atom. The maximum Gasteiger partial charge on any atom is 0.163 e. The van der Waals surface area contributed by atoms with E-state index in [1.54, 1.807) is 25.5 Å². The standard InChI is InChI=1S/C28H27ClN2O2/c1-17-14-21-15-20(24-16-30-12-13-31-24)8-11-23(21)26(19-6-9-22(29)10-7-19)25(17)27(18(2)32)33-28(3,4)5/h6-16,27H,1-5H3/t27-/m1/s1. The molecule has 0 aliphatic carbocycles. The van der Waals surface area contributed by atoms with Crippen molar-refractivity contribution in [3.63, 3.8) is 0 Å². The minimum Gasteiger partial charge on any atom is -0.360 e. The van der Waals surface area contributed by atoms with Gasteiger partial charge >= 0.3 is 0 Å². The molecule has 0 fully saturated rings. The zero-order chi connectivity index (χ0) is 23.8. The second kappa shape index (κ2) is 9.05. The number of nitrogens with zero attached hydrogens (tertiary/aromatic N) is 2. The number of aryl methyl sites for hydroxylation is 1. The molecule has 33 heavy (non-hydrogen) atoms. The molecule has 1 heterocycles. The van der Waals surface area contributed by atoms with E-state index in [0.717, 1.165) is 44.3 Å². The third-order valence-electron chi connectivity index (χ3n) is 5.48. The summed E-state index contributed by atoms with van der Waals surface area (Å²) in [7, 11) is 0. The van der Waals surface area contributed by atoms with Crippen molar-refractivity contribution in [2.75, 3.05) is 0 Å². The van der Waals surface area contributed by atoms with Crippen LogP contribution in [0.15, 0.2) is 67.1 Å². The van der Waals surface area contributed by atoms with E-state index in [-0.39, 0.29) is 5.78 Å². The quantitative estimate of drug-likeness (QED) is 0.313. The van der Waals surface area contributed by atoms with Crippen LogP contribution >= 0.6 is 11.6 Å². The van der Waals surface area contributed by atoms with Crippen LogP contribution in [0.25, 0.3) is 33.2 Å². The van der Waals surface area contributed by atoms with Crippen LogP contribution in [0.5, 0.6) is 0 Å². The summed E-state index contributed by atoms with van der Waals surface area (Å²) in [4.78, 5) is 21.5. The van der Waals surface area contributed by atoms with Crippen LogP contribution in [-0.2, 0) is 9.53 Å². The average Bonchev–Trinajstić information content (AvgIpc) is 2.77. The third kappa shape index (κ3) is 4.97. The molecule has 4 aromatic rings. The molecule has 3 aromatic carbocycles. The lowest BCUT2D eigenvalue weighted by Crippen LogP contribution is -2.27. The van der Waals surface area contributed by atoms with E-state index in [1.807, 2.05) is 58.0 Å². The molecule has 0 N–H and O–H groups in total. The number of aromatic nitrogens is 2. The minimum atomic E-state index is -0.681. The topological polar surface area (TPSA) is 52.1 Å². The van der Waals surface area contributed by atoms with Crippen molar-refractivity contribution in [2.24, 2.45) is 0 Å². The molecule has 5 heteroatoms. The molecule has 0 bridgehead atoms. The summed E-state index contributed by atoms with van der Waals surface area (Å²) >= 11 is 6.19. The van der Waals surface area contributed by atoms with Gasteiger partial charge in [-0.15, -0.1) is 0 Å². The van der Waals surface area contributed by atoms with Gasteiger partial charge in [0.2, 0.25) is 0 Å². The summed E-state index contributed by atoms with van der Waals surface area (Å²) in [6.07, 6.45) is 4.43. The zero-order valence-electron chi connectivity index (χ0n) is 19.5. The van der Waals surface area contributed by atoms with Crippen LogP contribution < -0.4 is 0 Å². The van der Waals surface area contributed by atoms with Crippen LogP contribution in [0.3, 0.4) is 0 Å². The number of carbonyl (C=O) groups excluding carboxylic acids is 1. The van der Waals surface area contributed by atoms with Crippen LogP contribution in [0.4, 0.5) is 0 Å². The molecule has 4 nitrogen and oxygen atoms in total. The van der Waals surface area contributed by atoms with Gasteiger partial charge in [0.15, 0.2) is 5.78 Å². The zero-order valence-corrected chi connectivity index (χ0v) is 20.3. The lowest BCUT2D eigenvalue weighted by atomic mass is 9.85. The highest BCUT2D eigenvalue weighted by atomic mass is 35.5. The number of hydrogen-bond donors (Lipinski definition) is 0. The summed E-state index contributed by atoms with van der Waals surface area (Å²) in [5, 5.41) is 2.76. The van der Waals surface area contributed by atoms with E-state index in [4.69, 9.17) is 16.3 Å². The van der Waals surface area contributed by atoms with Crippen molar-refractivity contribution in [1.29, 1.82) is 0 Å². The molecule has 168 valence electrons. The predicted octanol–water partition coefficient (Wildman–Crippen LogP) is 7.37. The highest BCUT2D eigenvalue weighted by Crippen LogP contribution is 2.41. The largest absolute Gasteiger partial charge is 0.360 e. The SMILES string of the molecule is CC(=O)[C@@H](OC(C)(C)C)c1c(C)cc2cc(-c3cnccn3)ccc2c1-c1ccc(Cl)cc1. The van der Waals surface area contributed by atoms with Gasteiger partial charge in [-0.2, -0.15) is 0 Å². The van der Waals surface area contributed by atoms with E-state index in [9.17, 15) is 4.79 Å². The Kier molecular flexibility index (Phi) is 6.33. The van der Waals surface area contributed by atoms with Gasteiger partial charge in [0.25, 0.3) is 0 Å². The molecule has 0 amide bonds. The Balaban J connectivity index is 2.02. The summed E-state index contributed by atoms with van der Waals surface area (Å²) in [5.74, 6) is -0.0289. The number of ether oxygens (including phenoxy) is 1. The average molecular weight is 459 g/mol. The van der Waals surface area contributed by atoms with E-state index >= 15 is 0 Å². The number of Topliss-reactive ketones (excluding diaryl/α,β-unsaturated/α-hetero) is 1. The van der Waals surface area contributed by atoms with Crippen LogP contribution in [0.1, 0.15) is 44.9 Å². The van der Waals surface area contributed by atoms with Gasteiger partial charge in [-0.1, -0.05) is 41.9 Å². The van der Waals surface area contributed by atoms with Crippen molar-refractivity contribution in [3.8, 4) is 22.4 Å². The highest BCUT2D eigenvalue weighted by molar-refractivity contribution is 6.30. The second-order valence-corrected chi connectivity index (χ2v) is 9.67. The Hall–Kier alpha value is -3.08. The van der Waals surface area contributed by atoms with Crippen LogP contribution in [-0.4, -0.2) is 21.4 Å². The van der Waals surface area contributed by atoms with Crippen molar-refractivity contribution in [3.05, 3.63) is 83.3 Å². The molecular formula is C28H27ClN2O2. The van der Waals surface area contributed by atoms with Crippen molar-refractivity contribution in [2.45, 2.75) is 46.3 Å². The lowest BCUT2D eigenvalue weighted by molar-refractivity contribution is -0.138. The third-order valence-corrected chi connectivity index (χ3v) is 5.73. The smallest absolute Gasteiger partial charge is 0.163 e.